The minimum atomic E-state index is -0.735. The van der Waals surface area contributed by atoms with Crippen LogP contribution >= 0.6 is 0 Å². The molecule has 3 N–H and O–H groups in total. The van der Waals surface area contributed by atoms with Gasteiger partial charge in [0.15, 0.2) is 0 Å². The summed E-state index contributed by atoms with van der Waals surface area (Å²) >= 11 is 0. The molecule has 7 nitrogen and oxygen atoms in total. The van der Waals surface area contributed by atoms with Crippen LogP contribution < -0.4 is 10.6 Å². The Hall–Kier alpha value is -3.68. The highest BCUT2D eigenvalue weighted by molar-refractivity contribution is 6.06. The number of halogens is 1. The Balaban J connectivity index is 1.38. The van der Waals surface area contributed by atoms with Crippen molar-refractivity contribution in [1.29, 1.82) is 0 Å². The lowest BCUT2D eigenvalue weighted by molar-refractivity contribution is -0.132. The molecule has 1 aliphatic rings. The predicted octanol–water partition coefficient (Wildman–Crippen LogP) is 2.09. The zero-order valence-corrected chi connectivity index (χ0v) is 15.4. The SMILES string of the molecule is O=C(CN1C(=O)NC(Cc2c[nH]c3ccccc23)C1=O)NCc1ccccc1F. The Kier molecular flexibility index (Phi) is 4.99. The minimum Gasteiger partial charge on any atom is -0.361 e. The number of hydrogen-bond donors (Lipinski definition) is 3. The van der Waals surface area contributed by atoms with E-state index in [1.54, 1.807) is 18.2 Å². The zero-order chi connectivity index (χ0) is 20.4. The number of imide groups is 1. The van der Waals surface area contributed by atoms with Gasteiger partial charge in [-0.15, -0.1) is 0 Å². The summed E-state index contributed by atoms with van der Waals surface area (Å²) in [5.41, 5.74) is 2.18. The van der Waals surface area contributed by atoms with Gasteiger partial charge in [-0.05, 0) is 17.7 Å². The van der Waals surface area contributed by atoms with Crippen LogP contribution in [0.3, 0.4) is 0 Å². The van der Waals surface area contributed by atoms with Gasteiger partial charge in [0.1, 0.15) is 18.4 Å². The number of carbonyl (C=O) groups is 3. The second-order valence-corrected chi connectivity index (χ2v) is 6.86. The lowest BCUT2D eigenvalue weighted by Gasteiger charge is -2.13. The van der Waals surface area contributed by atoms with Gasteiger partial charge in [-0.3, -0.25) is 14.5 Å². The van der Waals surface area contributed by atoms with Crippen LogP contribution in [0.15, 0.2) is 54.7 Å². The number of carbonyl (C=O) groups excluding carboxylic acids is 3. The molecule has 29 heavy (non-hydrogen) atoms. The summed E-state index contributed by atoms with van der Waals surface area (Å²) in [6.07, 6.45) is 2.13. The first-order valence-electron chi connectivity index (χ1n) is 9.20. The molecule has 148 valence electrons. The molecule has 0 aliphatic carbocycles. The van der Waals surface area contributed by atoms with Gasteiger partial charge in [0, 0.05) is 35.6 Å². The third-order valence-electron chi connectivity index (χ3n) is 4.94. The molecule has 0 saturated carbocycles. The maximum atomic E-state index is 13.6. The summed E-state index contributed by atoms with van der Waals surface area (Å²) in [4.78, 5) is 41.0. The summed E-state index contributed by atoms with van der Waals surface area (Å²) in [6, 6.07) is 12.4. The highest BCUT2D eigenvalue weighted by Crippen LogP contribution is 2.21. The molecule has 4 amide bonds. The van der Waals surface area contributed by atoms with Crippen LogP contribution in [0, 0.1) is 5.82 Å². The second kappa shape index (κ2) is 7.75. The highest BCUT2D eigenvalue weighted by atomic mass is 19.1. The third kappa shape index (κ3) is 3.82. The molecular formula is C21H19FN4O3. The first kappa shape index (κ1) is 18.7. The first-order valence-corrected chi connectivity index (χ1v) is 9.20. The van der Waals surface area contributed by atoms with Crippen LogP contribution in [-0.2, 0) is 22.6 Å². The van der Waals surface area contributed by atoms with Gasteiger partial charge in [0.25, 0.3) is 5.91 Å². The number of aromatic nitrogens is 1. The van der Waals surface area contributed by atoms with Crippen molar-refractivity contribution in [2.24, 2.45) is 0 Å². The number of para-hydroxylation sites is 1. The fourth-order valence-electron chi connectivity index (χ4n) is 3.42. The minimum absolute atomic E-state index is 0.0199. The van der Waals surface area contributed by atoms with Crippen LogP contribution in [0.5, 0.6) is 0 Å². The number of amides is 4. The van der Waals surface area contributed by atoms with Gasteiger partial charge in [0.2, 0.25) is 5.91 Å². The second-order valence-electron chi connectivity index (χ2n) is 6.86. The van der Waals surface area contributed by atoms with Crippen molar-refractivity contribution >= 4 is 28.7 Å². The monoisotopic (exact) mass is 394 g/mol. The van der Waals surface area contributed by atoms with Crippen molar-refractivity contribution in [3.8, 4) is 0 Å². The van der Waals surface area contributed by atoms with Crippen molar-refractivity contribution < 1.29 is 18.8 Å². The van der Waals surface area contributed by atoms with Crippen molar-refractivity contribution in [3.05, 3.63) is 71.7 Å². The molecule has 0 spiro atoms. The van der Waals surface area contributed by atoms with Crippen molar-refractivity contribution in [2.75, 3.05) is 6.54 Å². The molecule has 1 aliphatic heterocycles. The van der Waals surface area contributed by atoms with Gasteiger partial charge in [-0.25, -0.2) is 9.18 Å². The molecule has 2 aromatic carbocycles. The summed E-state index contributed by atoms with van der Waals surface area (Å²) < 4.78 is 13.6. The lowest BCUT2D eigenvalue weighted by atomic mass is 10.1. The molecule has 3 aromatic rings. The number of aromatic amines is 1. The molecule has 1 saturated heterocycles. The normalized spacial score (nSPS) is 16.3. The van der Waals surface area contributed by atoms with E-state index < -0.39 is 36.2 Å². The zero-order valence-electron chi connectivity index (χ0n) is 15.4. The third-order valence-corrected chi connectivity index (χ3v) is 4.94. The van der Waals surface area contributed by atoms with Crippen LogP contribution in [0.4, 0.5) is 9.18 Å². The Bertz CT molecular complexity index is 1090. The highest BCUT2D eigenvalue weighted by Gasteiger charge is 2.39. The molecule has 4 rings (SSSR count). The predicted molar refractivity (Wildman–Crippen MR) is 104 cm³/mol. The maximum absolute atomic E-state index is 13.6. The molecule has 0 bridgehead atoms. The van der Waals surface area contributed by atoms with Crippen molar-refractivity contribution in [3.63, 3.8) is 0 Å². The van der Waals surface area contributed by atoms with Crippen LogP contribution in [0.25, 0.3) is 10.9 Å². The smallest absolute Gasteiger partial charge is 0.325 e. The van der Waals surface area contributed by atoms with Gasteiger partial charge < -0.3 is 15.6 Å². The van der Waals surface area contributed by atoms with E-state index in [0.717, 1.165) is 21.4 Å². The van der Waals surface area contributed by atoms with E-state index in [-0.39, 0.29) is 6.54 Å². The summed E-state index contributed by atoms with van der Waals surface area (Å²) in [5, 5.41) is 6.15. The molecule has 1 aromatic heterocycles. The Labute approximate surface area is 165 Å². The van der Waals surface area contributed by atoms with Crippen molar-refractivity contribution in [1.82, 2.24) is 20.5 Å². The molecule has 1 atom stereocenters. The summed E-state index contributed by atoms with van der Waals surface area (Å²) in [7, 11) is 0. The number of benzene rings is 2. The fraction of sp³-hybridized carbons (Fsp3) is 0.190. The number of nitrogens with one attached hydrogen (secondary N) is 3. The lowest BCUT2D eigenvalue weighted by Crippen LogP contribution is -2.41. The van der Waals surface area contributed by atoms with Crippen molar-refractivity contribution in [2.45, 2.75) is 19.0 Å². The van der Waals surface area contributed by atoms with E-state index >= 15 is 0 Å². The van der Waals surface area contributed by atoms with Gasteiger partial charge >= 0.3 is 6.03 Å². The van der Waals surface area contributed by atoms with Crippen LogP contribution in [0.1, 0.15) is 11.1 Å². The summed E-state index contributed by atoms with van der Waals surface area (Å²) in [6.45, 7) is -0.433. The fourth-order valence-corrected chi connectivity index (χ4v) is 3.42. The summed E-state index contributed by atoms with van der Waals surface area (Å²) in [5.74, 6) is -1.42. The van der Waals surface area contributed by atoms with Crippen LogP contribution in [-0.4, -0.2) is 40.3 Å². The quantitative estimate of drug-likeness (QED) is 0.559. The van der Waals surface area contributed by atoms with Gasteiger partial charge in [-0.1, -0.05) is 36.4 Å². The van der Waals surface area contributed by atoms with E-state index in [1.807, 2.05) is 30.5 Å². The number of rotatable bonds is 6. The molecule has 1 unspecified atom stereocenters. The number of H-pyrrole nitrogens is 1. The average molecular weight is 394 g/mol. The van der Waals surface area contributed by atoms with E-state index in [9.17, 15) is 18.8 Å². The maximum Gasteiger partial charge on any atom is 0.325 e. The first-order chi connectivity index (χ1) is 14.0. The molecule has 1 fully saturated rings. The van der Waals surface area contributed by atoms with E-state index in [2.05, 4.69) is 15.6 Å². The topological polar surface area (TPSA) is 94.3 Å². The van der Waals surface area contributed by atoms with Crippen LogP contribution in [0.2, 0.25) is 0 Å². The van der Waals surface area contributed by atoms with E-state index in [0.29, 0.717) is 12.0 Å². The molecule has 2 heterocycles. The Morgan fingerprint density at radius 3 is 2.66 bits per heavy atom. The number of fused-ring (bicyclic) bond motifs is 1. The largest absolute Gasteiger partial charge is 0.361 e. The Morgan fingerprint density at radius 2 is 1.83 bits per heavy atom. The Morgan fingerprint density at radius 1 is 1.07 bits per heavy atom. The number of hydrogen-bond acceptors (Lipinski definition) is 3. The molecule has 0 radical (unpaired) electrons. The standard InChI is InChI=1S/C21H19FN4O3/c22-16-7-3-1-5-13(16)10-24-19(27)12-26-20(28)18(25-21(26)29)9-14-11-23-17-8-4-2-6-15(14)17/h1-8,11,18,23H,9-10,12H2,(H,24,27)(H,25,29). The number of urea groups is 1. The van der Waals surface area contributed by atoms with Gasteiger partial charge in [-0.2, -0.15) is 0 Å². The van der Waals surface area contributed by atoms with E-state index in [1.165, 1.54) is 6.07 Å². The average Bonchev–Trinajstić information content (AvgIpc) is 3.24. The van der Waals surface area contributed by atoms with Gasteiger partial charge in [0.05, 0.1) is 0 Å². The van der Waals surface area contributed by atoms with E-state index in [4.69, 9.17) is 0 Å². The molecule has 8 heteroatoms. The number of nitrogens with zero attached hydrogens (tertiary/aromatic N) is 1. The molecular weight excluding hydrogens is 375 g/mol.